The van der Waals surface area contributed by atoms with Crippen molar-refractivity contribution in [1.29, 1.82) is 0 Å². The fourth-order valence-electron chi connectivity index (χ4n) is 2.33. The summed E-state index contributed by atoms with van der Waals surface area (Å²) < 4.78 is 2.03. The molecule has 2 aromatic rings. The molecular weight excluding hydrogens is 382 g/mol. The van der Waals surface area contributed by atoms with Crippen LogP contribution in [0.1, 0.15) is 19.4 Å². The third-order valence-corrected chi connectivity index (χ3v) is 15.3. The fraction of sp³-hybridized carbons (Fsp3) is 0.250. The van der Waals surface area contributed by atoms with Crippen LogP contribution >= 0.6 is 17.8 Å². The van der Waals surface area contributed by atoms with Gasteiger partial charge < -0.3 is 0 Å². The number of hydrogen-bond donors (Lipinski definition) is 0. The number of hydrogen-bond acceptors (Lipinski definition) is 0. The van der Waals surface area contributed by atoms with E-state index in [1.54, 1.807) is 0 Å². The number of halogens is 2. The summed E-state index contributed by atoms with van der Waals surface area (Å²) >= 11 is -3.26. The van der Waals surface area contributed by atoms with Gasteiger partial charge in [-0.2, -0.15) is 0 Å². The Morgan fingerprint density at radius 1 is 0.842 bits per heavy atom. The third kappa shape index (κ3) is 3.90. The van der Waals surface area contributed by atoms with Crippen LogP contribution in [0.3, 0.4) is 0 Å². The average Bonchev–Trinajstić information content (AvgIpc) is 2.40. The topological polar surface area (TPSA) is 0 Å². The van der Waals surface area contributed by atoms with Crippen molar-refractivity contribution >= 4 is 37.5 Å². The van der Waals surface area contributed by atoms with Gasteiger partial charge in [0, 0.05) is 0 Å². The van der Waals surface area contributed by atoms with Crippen LogP contribution in [-0.4, -0.2) is 16.1 Å². The maximum atomic E-state index is 6.77. The van der Waals surface area contributed by atoms with E-state index in [1.165, 1.54) is 5.56 Å². The van der Waals surface area contributed by atoms with Crippen molar-refractivity contribution in [2.45, 2.75) is 23.7 Å². The van der Waals surface area contributed by atoms with Gasteiger partial charge in [0.2, 0.25) is 0 Å². The first-order valence-electron chi connectivity index (χ1n) is 6.41. The summed E-state index contributed by atoms with van der Waals surface area (Å²) in [5.74, 6) is 0. The van der Waals surface area contributed by atoms with Crippen LogP contribution in [0.2, 0.25) is 4.44 Å². The number of benzene rings is 2. The molecule has 0 N–H and O–H groups in total. The summed E-state index contributed by atoms with van der Waals surface area (Å²) in [6.07, 6.45) is 0. The molecule has 0 aliphatic rings. The second-order valence-corrected chi connectivity index (χ2v) is 22.1. The van der Waals surface area contributed by atoms with E-state index in [9.17, 15) is 0 Å². The van der Waals surface area contributed by atoms with Gasteiger partial charge in [-0.15, -0.1) is 0 Å². The van der Waals surface area contributed by atoms with Crippen molar-refractivity contribution in [1.82, 2.24) is 0 Å². The summed E-state index contributed by atoms with van der Waals surface area (Å²) in [6, 6.07) is 20.6. The Labute approximate surface area is 127 Å². The van der Waals surface area contributed by atoms with E-state index in [4.69, 9.17) is 17.8 Å². The first-order chi connectivity index (χ1) is 8.92. The molecular formula is C16H18Cl2Sn. The Bertz CT molecular complexity index is 471. The summed E-state index contributed by atoms with van der Waals surface area (Å²) in [4.78, 5) is 0. The van der Waals surface area contributed by atoms with Gasteiger partial charge in [0.1, 0.15) is 0 Å². The molecule has 0 saturated carbocycles. The molecule has 0 saturated heterocycles. The molecule has 0 aliphatic heterocycles. The summed E-state index contributed by atoms with van der Waals surface area (Å²) in [6.45, 7) is 4.45. The van der Waals surface area contributed by atoms with E-state index in [0.29, 0.717) is 0 Å². The van der Waals surface area contributed by atoms with Crippen LogP contribution in [0.25, 0.3) is 0 Å². The van der Waals surface area contributed by atoms with Crippen molar-refractivity contribution in [3.8, 4) is 0 Å². The quantitative estimate of drug-likeness (QED) is 0.648. The van der Waals surface area contributed by atoms with E-state index < -0.39 is 16.1 Å². The zero-order valence-corrected chi connectivity index (χ0v) is 15.6. The molecule has 0 unspecified atom stereocenters. The molecule has 0 aliphatic carbocycles. The normalized spacial score (nSPS) is 12.4. The van der Waals surface area contributed by atoms with Crippen molar-refractivity contribution in [2.75, 3.05) is 0 Å². The van der Waals surface area contributed by atoms with Crippen molar-refractivity contribution < 1.29 is 0 Å². The fourth-order valence-corrected chi connectivity index (χ4v) is 14.8. The van der Waals surface area contributed by atoms with Crippen molar-refractivity contribution in [3.05, 3.63) is 66.2 Å². The molecule has 0 aromatic heterocycles. The Morgan fingerprint density at radius 2 is 1.32 bits per heavy atom. The molecule has 0 bridgehead atoms. The van der Waals surface area contributed by atoms with Gasteiger partial charge >= 0.3 is 127 Å². The van der Waals surface area contributed by atoms with E-state index >= 15 is 0 Å². The van der Waals surface area contributed by atoms with Crippen molar-refractivity contribution in [3.63, 3.8) is 0 Å². The molecule has 0 spiro atoms. The molecule has 2 aromatic carbocycles. The summed E-state index contributed by atoms with van der Waals surface area (Å²) in [5, 5.41) is 0. The predicted molar refractivity (Wildman–Crippen MR) is 87.8 cm³/mol. The average molecular weight is 400 g/mol. The summed E-state index contributed by atoms with van der Waals surface area (Å²) in [5.41, 5.74) is 1.31. The van der Waals surface area contributed by atoms with Gasteiger partial charge in [-0.25, -0.2) is 0 Å². The van der Waals surface area contributed by atoms with Crippen LogP contribution in [0.4, 0.5) is 0 Å². The van der Waals surface area contributed by atoms with Crippen molar-refractivity contribution in [2.24, 2.45) is 0 Å². The summed E-state index contributed by atoms with van der Waals surface area (Å²) in [7, 11) is 13.5. The van der Waals surface area contributed by atoms with Crippen LogP contribution in [0, 0.1) is 0 Å². The third-order valence-electron chi connectivity index (χ3n) is 3.42. The number of rotatable bonds is 4. The Hall–Kier alpha value is -0.181. The van der Waals surface area contributed by atoms with E-state index in [2.05, 4.69) is 50.2 Å². The van der Waals surface area contributed by atoms with Gasteiger partial charge in [-0.1, -0.05) is 0 Å². The zero-order chi connectivity index (χ0) is 13.9. The van der Waals surface area contributed by atoms with Gasteiger partial charge in [0.25, 0.3) is 0 Å². The van der Waals surface area contributed by atoms with Gasteiger partial charge in [0.05, 0.1) is 0 Å². The molecule has 3 heteroatoms. The van der Waals surface area contributed by atoms with E-state index in [-0.39, 0.29) is 5.41 Å². The SMILES string of the molecule is CC(C)([CH2][Sn]([Cl])([Cl])[c]1ccccc1)c1ccccc1. The Kier molecular flexibility index (Phi) is 4.86. The second kappa shape index (κ2) is 6.07. The minimum absolute atomic E-state index is 0.0106. The molecule has 0 atom stereocenters. The molecule has 2 rings (SSSR count). The zero-order valence-electron chi connectivity index (χ0n) is 11.2. The second-order valence-electron chi connectivity index (χ2n) is 5.50. The predicted octanol–water partition coefficient (Wildman–Crippen LogP) is 4.79. The minimum atomic E-state index is -3.26. The van der Waals surface area contributed by atoms with Gasteiger partial charge in [-0.3, -0.25) is 0 Å². The Balaban J connectivity index is 2.25. The standard InChI is InChI=1S/C10H13.C6H5.2ClH.Sn/c1-10(2,3)9-7-5-4-6-8-9;1-2-4-6-5-3-1;;;/h4-8H,1H2,2-3H3;1-5H;2*1H;/q;;;;+2/p-2. The maximum absolute atomic E-state index is 6.77. The van der Waals surface area contributed by atoms with Gasteiger partial charge in [0.15, 0.2) is 0 Å². The Morgan fingerprint density at radius 3 is 1.84 bits per heavy atom. The van der Waals surface area contributed by atoms with Crippen LogP contribution in [0.15, 0.2) is 60.7 Å². The molecule has 0 amide bonds. The molecule has 0 heterocycles. The first kappa shape index (κ1) is 15.2. The molecule has 0 fully saturated rings. The van der Waals surface area contributed by atoms with E-state index in [0.717, 1.165) is 8.02 Å². The molecule has 0 nitrogen and oxygen atoms in total. The van der Waals surface area contributed by atoms with Crippen LogP contribution in [0.5, 0.6) is 0 Å². The van der Waals surface area contributed by atoms with E-state index in [1.807, 2.05) is 24.3 Å². The molecule has 0 radical (unpaired) electrons. The molecule has 19 heavy (non-hydrogen) atoms. The monoisotopic (exact) mass is 400 g/mol. The van der Waals surface area contributed by atoms with Crippen LogP contribution in [-0.2, 0) is 5.41 Å². The molecule has 100 valence electrons. The van der Waals surface area contributed by atoms with Gasteiger partial charge in [-0.05, 0) is 0 Å². The van der Waals surface area contributed by atoms with Crippen LogP contribution < -0.4 is 3.58 Å². The first-order valence-corrected chi connectivity index (χ1v) is 17.1.